The van der Waals surface area contributed by atoms with Crippen molar-refractivity contribution in [2.45, 2.75) is 13.3 Å². The zero-order valence-electron chi connectivity index (χ0n) is 18.0. The minimum atomic E-state index is -0.367. The monoisotopic (exact) mass is 427 g/mol. The topological polar surface area (TPSA) is 93.2 Å². The third-order valence-electron chi connectivity index (χ3n) is 5.98. The van der Waals surface area contributed by atoms with Crippen LogP contribution in [0.4, 0.5) is 10.6 Å². The molecule has 4 aromatic rings. The first-order valence-corrected chi connectivity index (χ1v) is 10.8. The molecule has 1 saturated heterocycles. The van der Waals surface area contributed by atoms with Gasteiger partial charge in [0.05, 0.1) is 17.2 Å². The Bertz CT molecular complexity index is 1240. The molecular formula is C24H25N7O. The van der Waals surface area contributed by atoms with Gasteiger partial charge in [-0.25, -0.2) is 14.8 Å². The Balaban J connectivity index is 1.49. The molecule has 0 radical (unpaired) electrons. The van der Waals surface area contributed by atoms with E-state index in [1.54, 1.807) is 11.1 Å². The molecule has 1 aliphatic rings. The number of piperazine rings is 1. The molecule has 5 rings (SSSR count). The first-order chi connectivity index (χ1) is 15.6. The molecule has 4 heterocycles. The number of aryl methyl sites for hydroxylation is 1. The van der Waals surface area contributed by atoms with E-state index in [0.29, 0.717) is 26.2 Å². The number of urea groups is 1. The number of hydrogen-bond donors (Lipinski definition) is 1. The van der Waals surface area contributed by atoms with Crippen molar-refractivity contribution in [3.05, 3.63) is 66.6 Å². The first kappa shape index (κ1) is 20.0. The van der Waals surface area contributed by atoms with Crippen molar-refractivity contribution in [2.75, 3.05) is 31.1 Å². The Morgan fingerprint density at radius 1 is 1.00 bits per heavy atom. The van der Waals surface area contributed by atoms with E-state index in [9.17, 15) is 4.79 Å². The van der Waals surface area contributed by atoms with Gasteiger partial charge in [0.1, 0.15) is 11.6 Å². The van der Waals surface area contributed by atoms with Crippen molar-refractivity contribution in [1.29, 1.82) is 0 Å². The van der Waals surface area contributed by atoms with Crippen LogP contribution in [0.25, 0.3) is 28.1 Å². The molecule has 8 heteroatoms. The van der Waals surface area contributed by atoms with Crippen LogP contribution in [-0.4, -0.2) is 56.6 Å². The van der Waals surface area contributed by atoms with Crippen molar-refractivity contribution in [3.8, 4) is 17.1 Å². The number of aromatic nitrogens is 4. The fourth-order valence-corrected chi connectivity index (χ4v) is 4.12. The Morgan fingerprint density at radius 3 is 2.44 bits per heavy atom. The third-order valence-corrected chi connectivity index (χ3v) is 5.98. The second-order valence-electron chi connectivity index (χ2n) is 7.87. The van der Waals surface area contributed by atoms with Gasteiger partial charge in [-0.15, -0.1) is 0 Å². The Kier molecular flexibility index (Phi) is 5.18. The van der Waals surface area contributed by atoms with Gasteiger partial charge >= 0.3 is 6.03 Å². The van der Waals surface area contributed by atoms with E-state index in [-0.39, 0.29) is 6.03 Å². The first-order valence-electron chi connectivity index (χ1n) is 10.8. The van der Waals surface area contributed by atoms with E-state index in [2.05, 4.69) is 45.6 Å². The number of hydrogen-bond acceptors (Lipinski definition) is 5. The van der Waals surface area contributed by atoms with Gasteiger partial charge in [0, 0.05) is 49.8 Å². The van der Waals surface area contributed by atoms with E-state index >= 15 is 0 Å². The average Bonchev–Trinajstić information content (AvgIpc) is 3.24. The molecule has 32 heavy (non-hydrogen) atoms. The number of anilines is 1. The number of primary amides is 1. The van der Waals surface area contributed by atoms with Crippen molar-refractivity contribution in [2.24, 2.45) is 5.73 Å². The quantitative estimate of drug-likeness (QED) is 0.540. The molecular weight excluding hydrogens is 402 g/mol. The van der Waals surface area contributed by atoms with E-state index in [1.807, 2.05) is 30.6 Å². The molecule has 1 aliphatic heterocycles. The third kappa shape index (κ3) is 3.64. The van der Waals surface area contributed by atoms with Crippen LogP contribution in [0.15, 0.2) is 61.1 Å². The standard InChI is InChI=1S/C24H25N7O/c1-2-17-3-6-19(7-4-17)31-21-16-26-10-9-20(21)28-23(31)18-5-8-22(27-15-18)29-11-13-30(14-12-29)24(25)32/h3-10,15-16H,2,11-14H2,1H3,(H2,25,32). The highest BCUT2D eigenvalue weighted by molar-refractivity contribution is 5.82. The summed E-state index contributed by atoms with van der Waals surface area (Å²) >= 11 is 0. The molecule has 2 amide bonds. The maximum absolute atomic E-state index is 11.4. The van der Waals surface area contributed by atoms with Gasteiger partial charge in [-0.3, -0.25) is 9.55 Å². The normalized spacial score (nSPS) is 14.2. The van der Waals surface area contributed by atoms with Crippen molar-refractivity contribution in [1.82, 2.24) is 24.4 Å². The lowest BCUT2D eigenvalue weighted by atomic mass is 10.1. The summed E-state index contributed by atoms with van der Waals surface area (Å²) < 4.78 is 2.13. The highest BCUT2D eigenvalue weighted by Gasteiger charge is 2.21. The fraction of sp³-hybridized carbons (Fsp3) is 0.250. The number of fused-ring (bicyclic) bond motifs is 1. The second kappa shape index (κ2) is 8.30. The van der Waals surface area contributed by atoms with E-state index < -0.39 is 0 Å². The molecule has 0 saturated carbocycles. The predicted molar refractivity (Wildman–Crippen MR) is 125 cm³/mol. The lowest BCUT2D eigenvalue weighted by Gasteiger charge is -2.34. The van der Waals surface area contributed by atoms with E-state index in [4.69, 9.17) is 15.7 Å². The minimum absolute atomic E-state index is 0.367. The van der Waals surface area contributed by atoms with Crippen molar-refractivity contribution in [3.63, 3.8) is 0 Å². The molecule has 0 atom stereocenters. The highest BCUT2D eigenvalue weighted by Crippen LogP contribution is 2.29. The molecule has 0 bridgehead atoms. The van der Waals surface area contributed by atoms with E-state index in [1.165, 1.54) is 5.56 Å². The number of pyridine rings is 2. The van der Waals surface area contributed by atoms with Gasteiger partial charge in [0.2, 0.25) is 0 Å². The van der Waals surface area contributed by atoms with Crippen LogP contribution >= 0.6 is 0 Å². The molecule has 0 spiro atoms. The van der Waals surface area contributed by atoms with Crippen LogP contribution in [0.3, 0.4) is 0 Å². The van der Waals surface area contributed by atoms with Gasteiger partial charge < -0.3 is 15.5 Å². The molecule has 1 aromatic carbocycles. The van der Waals surface area contributed by atoms with Crippen LogP contribution < -0.4 is 10.6 Å². The average molecular weight is 428 g/mol. The van der Waals surface area contributed by atoms with Crippen molar-refractivity contribution < 1.29 is 4.79 Å². The molecule has 1 fully saturated rings. The fourth-order valence-electron chi connectivity index (χ4n) is 4.12. The second-order valence-corrected chi connectivity index (χ2v) is 7.87. The maximum atomic E-state index is 11.4. The number of amides is 2. The summed E-state index contributed by atoms with van der Waals surface area (Å²) in [6.07, 6.45) is 6.47. The van der Waals surface area contributed by atoms with Gasteiger partial charge in [-0.05, 0) is 42.3 Å². The molecule has 0 aliphatic carbocycles. The molecule has 162 valence electrons. The lowest BCUT2D eigenvalue weighted by molar-refractivity contribution is 0.204. The Morgan fingerprint density at radius 2 is 1.78 bits per heavy atom. The SMILES string of the molecule is CCc1ccc(-n2c(-c3ccc(N4CCN(C(N)=O)CC4)nc3)nc3ccncc32)cc1. The predicted octanol–water partition coefficient (Wildman–Crippen LogP) is 3.25. The smallest absolute Gasteiger partial charge is 0.314 e. The summed E-state index contributed by atoms with van der Waals surface area (Å²) in [4.78, 5) is 29.1. The van der Waals surface area contributed by atoms with Gasteiger partial charge in [0.15, 0.2) is 0 Å². The minimum Gasteiger partial charge on any atom is -0.353 e. The summed E-state index contributed by atoms with van der Waals surface area (Å²) in [6.45, 7) is 4.79. The van der Waals surface area contributed by atoms with Gasteiger partial charge in [-0.2, -0.15) is 0 Å². The Hall–Kier alpha value is -3.94. The number of carbonyl (C=O) groups is 1. The zero-order chi connectivity index (χ0) is 22.1. The summed E-state index contributed by atoms with van der Waals surface area (Å²) in [5, 5.41) is 0. The largest absolute Gasteiger partial charge is 0.353 e. The zero-order valence-corrected chi connectivity index (χ0v) is 18.0. The van der Waals surface area contributed by atoms with Gasteiger partial charge in [-0.1, -0.05) is 19.1 Å². The number of rotatable bonds is 4. The molecule has 3 aromatic heterocycles. The number of carbonyl (C=O) groups excluding carboxylic acids is 1. The van der Waals surface area contributed by atoms with E-state index in [0.717, 1.165) is 40.3 Å². The highest BCUT2D eigenvalue weighted by atomic mass is 16.2. The van der Waals surface area contributed by atoms with Crippen LogP contribution in [-0.2, 0) is 6.42 Å². The molecule has 8 nitrogen and oxygen atoms in total. The summed E-state index contributed by atoms with van der Waals surface area (Å²) in [5.74, 6) is 1.71. The Labute approximate surface area is 186 Å². The number of benzene rings is 1. The van der Waals surface area contributed by atoms with Crippen LogP contribution in [0, 0.1) is 0 Å². The van der Waals surface area contributed by atoms with Crippen molar-refractivity contribution >= 4 is 22.9 Å². The van der Waals surface area contributed by atoms with Crippen LogP contribution in [0.1, 0.15) is 12.5 Å². The lowest BCUT2D eigenvalue weighted by Crippen LogP contribution is -2.50. The van der Waals surface area contributed by atoms with Gasteiger partial charge in [0.25, 0.3) is 0 Å². The molecule has 0 unspecified atom stereocenters. The maximum Gasteiger partial charge on any atom is 0.314 e. The van der Waals surface area contributed by atoms with Crippen LogP contribution in [0.5, 0.6) is 0 Å². The summed E-state index contributed by atoms with van der Waals surface area (Å²) in [7, 11) is 0. The summed E-state index contributed by atoms with van der Waals surface area (Å²) in [5.41, 5.74) is 10.5. The summed E-state index contributed by atoms with van der Waals surface area (Å²) in [6, 6.07) is 14.2. The number of nitrogens with zero attached hydrogens (tertiary/aromatic N) is 6. The number of nitrogens with two attached hydrogens (primary N) is 1. The molecule has 2 N–H and O–H groups in total. The van der Waals surface area contributed by atoms with Crippen LogP contribution in [0.2, 0.25) is 0 Å². The number of imidazole rings is 1.